The van der Waals surface area contributed by atoms with Gasteiger partial charge in [0, 0.05) is 16.7 Å². The Bertz CT molecular complexity index is 489. The van der Waals surface area contributed by atoms with E-state index in [0.29, 0.717) is 11.6 Å². The number of aromatic nitrogens is 2. The van der Waals surface area contributed by atoms with Crippen LogP contribution in [0.1, 0.15) is 16.2 Å². The molecule has 2 aromatic rings. The van der Waals surface area contributed by atoms with Gasteiger partial charge in [0.25, 0.3) is 5.91 Å². The Morgan fingerprint density at radius 1 is 1.60 bits per heavy atom. The van der Waals surface area contributed by atoms with Crippen molar-refractivity contribution in [3.63, 3.8) is 0 Å². The number of carbonyl (C=O) groups is 1. The van der Waals surface area contributed by atoms with Gasteiger partial charge in [-0.2, -0.15) is 0 Å². The van der Waals surface area contributed by atoms with Crippen molar-refractivity contribution in [2.45, 2.75) is 6.92 Å². The number of halogens is 1. The van der Waals surface area contributed by atoms with E-state index in [-0.39, 0.29) is 5.91 Å². The number of nitrogens with one attached hydrogen (secondary N) is 2. The minimum absolute atomic E-state index is 0.267. The predicted octanol–water partition coefficient (Wildman–Crippen LogP) is 2.33. The van der Waals surface area contributed by atoms with Crippen molar-refractivity contribution in [2.24, 2.45) is 0 Å². The maximum atomic E-state index is 11.6. The number of hydrogen-bond acceptors (Lipinski definition) is 3. The van der Waals surface area contributed by atoms with Crippen molar-refractivity contribution in [3.05, 3.63) is 34.2 Å². The molecule has 0 saturated carbocycles. The molecule has 0 saturated heterocycles. The zero-order chi connectivity index (χ0) is 10.8. The summed E-state index contributed by atoms with van der Waals surface area (Å²) in [5, 5.41) is 6.23. The number of H-pyrrole nitrogens is 1. The molecule has 0 spiro atoms. The Hall–Kier alpha value is -1.56. The molecule has 0 aliphatic rings. The average Bonchev–Trinajstić information content (AvgIpc) is 2.75. The predicted molar refractivity (Wildman–Crippen MR) is 57.7 cm³/mol. The van der Waals surface area contributed by atoms with Crippen molar-refractivity contribution < 1.29 is 9.32 Å². The first kappa shape index (κ1) is 9.97. The van der Waals surface area contributed by atoms with E-state index >= 15 is 0 Å². The quantitative estimate of drug-likeness (QED) is 0.879. The van der Waals surface area contributed by atoms with Crippen LogP contribution in [0.15, 0.2) is 27.3 Å². The Kier molecular flexibility index (Phi) is 2.59. The van der Waals surface area contributed by atoms with E-state index in [9.17, 15) is 4.79 Å². The van der Waals surface area contributed by atoms with Gasteiger partial charge < -0.3 is 9.51 Å². The molecular weight excluding hydrogens is 262 g/mol. The highest BCUT2D eigenvalue weighted by molar-refractivity contribution is 9.10. The molecule has 5 nitrogen and oxygen atoms in total. The SMILES string of the molecule is Cc1cc(NC(=O)c2cc(Br)c[nH]2)on1. The summed E-state index contributed by atoms with van der Waals surface area (Å²) in [5.74, 6) is 0.0695. The summed E-state index contributed by atoms with van der Waals surface area (Å²) < 4.78 is 5.68. The van der Waals surface area contributed by atoms with Gasteiger partial charge in [-0.3, -0.25) is 10.1 Å². The van der Waals surface area contributed by atoms with Gasteiger partial charge in [0.15, 0.2) is 0 Å². The van der Waals surface area contributed by atoms with Crippen LogP contribution in [0.5, 0.6) is 0 Å². The molecule has 0 bridgehead atoms. The lowest BCUT2D eigenvalue weighted by atomic mass is 10.4. The Labute approximate surface area is 94.0 Å². The normalized spacial score (nSPS) is 10.3. The van der Waals surface area contributed by atoms with Crippen LogP contribution in [0.4, 0.5) is 5.88 Å². The minimum Gasteiger partial charge on any atom is -0.356 e. The molecule has 0 aliphatic carbocycles. The lowest BCUT2D eigenvalue weighted by Gasteiger charge is -1.96. The van der Waals surface area contributed by atoms with Crippen molar-refractivity contribution in [3.8, 4) is 0 Å². The molecule has 1 amide bonds. The Balaban J connectivity index is 2.10. The van der Waals surface area contributed by atoms with Gasteiger partial charge in [-0.15, -0.1) is 0 Å². The van der Waals surface area contributed by atoms with Crippen molar-refractivity contribution in [2.75, 3.05) is 5.32 Å². The average molecular weight is 270 g/mol. The van der Waals surface area contributed by atoms with Crippen LogP contribution in [-0.2, 0) is 0 Å². The molecule has 0 aromatic carbocycles. The molecule has 15 heavy (non-hydrogen) atoms. The van der Waals surface area contributed by atoms with E-state index < -0.39 is 0 Å². The number of rotatable bonds is 2. The number of nitrogens with zero attached hydrogens (tertiary/aromatic N) is 1. The van der Waals surface area contributed by atoms with E-state index in [1.54, 1.807) is 25.3 Å². The second kappa shape index (κ2) is 3.90. The van der Waals surface area contributed by atoms with E-state index in [1.807, 2.05) is 0 Å². The molecule has 2 N–H and O–H groups in total. The fraction of sp³-hybridized carbons (Fsp3) is 0.111. The summed E-state index contributed by atoms with van der Waals surface area (Å²) >= 11 is 3.24. The molecule has 0 unspecified atom stereocenters. The molecule has 2 heterocycles. The maximum absolute atomic E-state index is 11.6. The van der Waals surface area contributed by atoms with Crippen LogP contribution in [0, 0.1) is 6.92 Å². The third-order valence-corrected chi connectivity index (χ3v) is 2.21. The van der Waals surface area contributed by atoms with Gasteiger partial charge in [0.1, 0.15) is 5.69 Å². The second-order valence-corrected chi connectivity index (χ2v) is 3.93. The van der Waals surface area contributed by atoms with Gasteiger partial charge >= 0.3 is 0 Å². The van der Waals surface area contributed by atoms with Crippen LogP contribution in [0.2, 0.25) is 0 Å². The maximum Gasteiger partial charge on any atom is 0.274 e. The fourth-order valence-corrected chi connectivity index (χ4v) is 1.44. The number of hydrogen-bond donors (Lipinski definition) is 2. The highest BCUT2D eigenvalue weighted by Gasteiger charge is 2.10. The zero-order valence-corrected chi connectivity index (χ0v) is 9.46. The summed E-state index contributed by atoms with van der Waals surface area (Å²) in [5.41, 5.74) is 1.17. The summed E-state index contributed by atoms with van der Waals surface area (Å²) in [6.45, 7) is 1.78. The fourth-order valence-electron chi connectivity index (χ4n) is 1.10. The molecule has 0 fully saturated rings. The summed E-state index contributed by atoms with van der Waals surface area (Å²) in [4.78, 5) is 14.4. The molecule has 0 radical (unpaired) electrons. The second-order valence-electron chi connectivity index (χ2n) is 3.02. The molecule has 0 aliphatic heterocycles. The van der Waals surface area contributed by atoms with Crippen LogP contribution < -0.4 is 5.32 Å². The number of aromatic amines is 1. The van der Waals surface area contributed by atoms with Crippen molar-refractivity contribution >= 4 is 27.7 Å². The first-order valence-electron chi connectivity index (χ1n) is 4.24. The summed E-state index contributed by atoms with van der Waals surface area (Å²) in [6.07, 6.45) is 1.68. The van der Waals surface area contributed by atoms with Crippen LogP contribution in [-0.4, -0.2) is 16.0 Å². The molecule has 78 valence electrons. The molecule has 0 atom stereocenters. The number of anilines is 1. The Morgan fingerprint density at radius 3 is 2.93 bits per heavy atom. The molecule has 6 heteroatoms. The topological polar surface area (TPSA) is 70.9 Å². The lowest BCUT2D eigenvalue weighted by molar-refractivity contribution is 0.101. The largest absolute Gasteiger partial charge is 0.356 e. The monoisotopic (exact) mass is 269 g/mol. The summed E-state index contributed by atoms with van der Waals surface area (Å²) in [6, 6.07) is 3.33. The van der Waals surface area contributed by atoms with E-state index in [1.165, 1.54) is 0 Å². The summed E-state index contributed by atoms with van der Waals surface area (Å²) in [7, 11) is 0. The third-order valence-electron chi connectivity index (χ3n) is 1.76. The standard InChI is InChI=1S/C9H8BrN3O2/c1-5-2-8(15-13-5)12-9(14)7-3-6(10)4-11-7/h2-4,11H,1H3,(H,12,14). The van der Waals surface area contributed by atoms with Gasteiger partial charge in [-0.1, -0.05) is 5.16 Å². The first-order valence-corrected chi connectivity index (χ1v) is 5.03. The van der Waals surface area contributed by atoms with Gasteiger partial charge in [0.05, 0.1) is 5.69 Å². The van der Waals surface area contributed by atoms with E-state index in [2.05, 4.69) is 31.4 Å². The lowest BCUT2D eigenvalue weighted by Crippen LogP contribution is -2.11. The zero-order valence-electron chi connectivity index (χ0n) is 7.87. The van der Waals surface area contributed by atoms with Crippen molar-refractivity contribution in [1.82, 2.24) is 10.1 Å². The number of aryl methyl sites for hydroxylation is 1. The van der Waals surface area contributed by atoms with Gasteiger partial charge in [0.2, 0.25) is 5.88 Å². The molecular formula is C9H8BrN3O2. The van der Waals surface area contributed by atoms with Crippen LogP contribution >= 0.6 is 15.9 Å². The molecule has 2 aromatic heterocycles. The Morgan fingerprint density at radius 2 is 2.40 bits per heavy atom. The van der Waals surface area contributed by atoms with E-state index in [0.717, 1.165) is 10.2 Å². The van der Waals surface area contributed by atoms with Gasteiger partial charge in [-0.25, -0.2) is 0 Å². The third kappa shape index (κ3) is 2.27. The highest BCUT2D eigenvalue weighted by atomic mass is 79.9. The van der Waals surface area contributed by atoms with E-state index in [4.69, 9.17) is 4.52 Å². The number of amides is 1. The van der Waals surface area contributed by atoms with Gasteiger partial charge in [-0.05, 0) is 28.9 Å². The van der Waals surface area contributed by atoms with Crippen LogP contribution in [0.25, 0.3) is 0 Å². The van der Waals surface area contributed by atoms with Crippen molar-refractivity contribution in [1.29, 1.82) is 0 Å². The minimum atomic E-state index is -0.267. The number of carbonyl (C=O) groups excluding carboxylic acids is 1. The first-order chi connectivity index (χ1) is 7.15. The smallest absolute Gasteiger partial charge is 0.274 e. The highest BCUT2D eigenvalue weighted by Crippen LogP contribution is 2.13. The molecule has 2 rings (SSSR count). The van der Waals surface area contributed by atoms with Crippen LogP contribution in [0.3, 0.4) is 0 Å².